The smallest absolute Gasteiger partial charge is 0.417 e. The third-order valence-electron chi connectivity index (χ3n) is 4.95. The normalized spacial score (nSPS) is 22.6. The number of halogens is 3. The highest BCUT2D eigenvalue weighted by atomic mass is 19.4. The Kier molecular flexibility index (Phi) is 4.69. The molecule has 0 spiro atoms. The molecule has 2 atom stereocenters. The molecule has 0 saturated heterocycles. The Balaban J connectivity index is 1.57. The molecule has 4 rings (SSSR count). The Bertz CT molecular complexity index is 1050. The first kappa shape index (κ1) is 19.2. The summed E-state index contributed by atoms with van der Waals surface area (Å²) < 4.78 is 45.4. The second-order valence-electron chi connectivity index (χ2n) is 6.89. The molecule has 0 amide bonds. The zero-order chi connectivity index (χ0) is 20.6. The maximum Gasteiger partial charge on any atom is 0.417 e. The van der Waals surface area contributed by atoms with Gasteiger partial charge in [0.1, 0.15) is 5.75 Å². The van der Waals surface area contributed by atoms with E-state index in [9.17, 15) is 18.3 Å². The van der Waals surface area contributed by atoms with E-state index in [-0.39, 0.29) is 18.8 Å². The standard InChI is InChI=1S/C18H17F3N6O2/c1-29-13-4-2-12(3-5-13)27-15-14(25-26-27)10-23-16(24-15)22-9-11-6-7-17(28,8-11)18(19,20)21/h2-5,9-11,28H,6-8H2,1H3. The molecule has 2 aromatic heterocycles. The van der Waals surface area contributed by atoms with Crippen molar-refractivity contribution in [3.05, 3.63) is 30.5 Å². The van der Waals surface area contributed by atoms with Crippen molar-refractivity contribution in [2.75, 3.05) is 7.11 Å². The summed E-state index contributed by atoms with van der Waals surface area (Å²) >= 11 is 0. The Morgan fingerprint density at radius 2 is 2.07 bits per heavy atom. The molecule has 2 unspecified atom stereocenters. The van der Waals surface area contributed by atoms with E-state index in [4.69, 9.17) is 4.74 Å². The Morgan fingerprint density at radius 1 is 1.31 bits per heavy atom. The molecule has 1 aliphatic rings. The van der Waals surface area contributed by atoms with Gasteiger partial charge in [0.05, 0.1) is 19.0 Å². The summed E-state index contributed by atoms with van der Waals surface area (Å²) in [5.74, 6) is 0.260. The van der Waals surface area contributed by atoms with Gasteiger partial charge in [-0.1, -0.05) is 5.21 Å². The minimum Gasteiger partial charge on any atom is -0.497 e. The average molecular weight is 406 g/mol. The number of aliphatic imine (C=N–C) groups is 1. The van der Waals surface area contributed by atoms with Crippen LogP contribution < -0.4 is 4.74 Å². The highest BCUT2D eigenvalue weighted by molar-refractivity contribution is 5.73. The van der Waals surface area contributed by atoms with Crippen LogP contribution in [0.4, 0.5) is 19.1 Å². The van der Waals surface area contributed by atoms with Gasteiger partial charge in [0.2, 0.25) is 0 Å². The molecule has 11 heteroatoms. The molecular weight excluding hydrogens is 389 g/mol. The molecule has 0 bridgehead atoms. The van der Waals surface area contributed by atoms with Gasteiger partial charge in [-0.2, -0.15) is 22.8 Å². The molecule has 0 radical (unpaired) electrons. The summed E-state index contributed by atoms with van der Waals surface area (Å²) in [5.41, 5.74) is -1.10. The van der Waals surface area contributed by atoms with E-state index < -0.39 is 24.1 Å². The second-order valence-corrected chi connectivity index (χ2v) is 6.89. The number of nitrogens with zero attached hydrogens (tertiary/aromatic N) is 6. The van der Waals surface area contributed by atoms with Crippen LogP contribution in [0.15, 0.2) is 35.5 Å². The quantitative estimate of drug-likeness (QED) is 0.669. The molecule has 1 aromatic carbocycles. The molecule has 1 saturated carbocycles. The number of fused-ring (bicyclic) bond motifs is 1. The van der Waals surface area contributed by atoms with Crippen molar-refractivity contribution in [2.45, 2.75) is 31.0 Å². The van der Waals surface area contributed by atoms with E-state index in [1.807, 2.05) is 0 Å². The molecule has 8 nitrogen and oxygen atoms in total. The number of benzene rings is 1. The molecule has 1 aliphatic carbocycles. The van der Waals surface area contributed by atoms with Crippen LogP contribution in [0.25, 0.3) is 16.9 Å². The van der Waals surface area contributed by atoms with Crippen molar-refractivity contribution >= 4 is 23.3 Å². The van der Waals surface area contributed by atoms with Crippen molar-refractivity contribution < 1.29 is 23.0 Å². The van der Waals surface area contributed by atoms with Crippen LogP contribution in [-0.2, 0) is 0 Å². The lowest BCUT2D eigenvalue weighted by Gasteiger charge is -2.25. The first-order valence-electron chi connectivity index (χ1n) is 8.85. The van der Waals surface area contributed by atoms with Crippen molar-refractivity contribution in [1.82, 2.24) is 25.0 Å². The van der Waals surface area contributed by atoms with E-state index in [0.717, 1.165) is 0 Å². The minimum atomic E-state index is -4.65. The van der Waals surface area contributed by atoms with E-state index in [1.54, 1.807) is 31.4 Å². The first-order valence-corrected chi connectivity index (χ1v) is 8.85. The molecule has 1 fully saturated rings. The zero-order valence-electron chi connectivity index (χ0n) is 15.3. The Hall–Kier alpha value is -3.08. The summed E-state index contributed by atoms with van der Waals surface area (Å²) in [6.45, 7) is 0. The van der Waals surface area contributed by atoms with Gasteiger partial charge in [0.15, 0.2) is 16.8 Å². The zero-order valence-corrected chi connectivity index (χ0v) is 15.3. The topological polar surface area (TPSA) is 98.3 Å². The van der Waals surface area contributed by atoms with Crippen molar-refractivity contribution in [3.63, 3.8) is 0 Å². The van der Waals surface area contributed by atoms with Crippen molar-refractivity contribution in [2.24, 2.45) is 10.9 Å². The minimum absolute atomic E-state index is 0.0806. The van der Waals surface area contributed by atoms with Gasteiger partial charge in [0, 0.05) is 6.21 Å². The van der Waals surface area contributed by atoms with Crippen LogP contribution in [0.5, 0.6) is 5.75 Å². The number of aromatic nitrogens is 5. The lowest BCUT2D eigenvalue weighted by atomic mass is 10.0. The monoisotopic (exact) mass is 406 g/mol. The molecule has 29 heavy (non-hydrogen) atoms. The third kappa shape index (κ3) is 3.65. The molecule has 3 aromatic rings. The maximum absolute atomic E-state index is 12.9. The molecule has 2 heterocycles. The van der Waals surface area contributed by atoms with Crippen LogP contribution in [0.2, 0.25) is 0 Å². The number of rotatable bonds is 4. The van der Waals surface area contributed by atoms with E-state index >= 15 is 0 Å². The molecule has 152 valence electrons. The fraction of sp³-hybridized carbons (Fsp3) is 0.389. The lowest BCUT2D eigenvalue weighted by Crippen LogP contribution is -2.42. The summed E-state index contributed by atoms with van der Waals surface area (Å²) in [6, 6.07) is 7.11. The van der Waals surface area contributed by atoms with E-state index in [2.05, 4.69) is 25.3 Å². The van der Waals surface area contributed by atoms with Gasteiger partial charge in [-0.05, 0) is 49.4 Å². The Labute approximate surface area is 163 Å². The van der Waals surface area contributed by atoms with Gasteiger partial charge in [0.25, 0.3) is 5.95 Å². The number of hydrogen-bond donors (Lipinski definition) is 1. The molecule has 0 aliphatic heterocycles. The van der Waals surface area contributed by atoms with Crippen LogP contribution in [0.1, 0.15) is 19.3 Å². The Morgan fingerprint density at radius 3 is 2.72 bits per heavy atom. The van der Waals surface area contributed by atoms with Gasteiger partial charge in [-0.3, -0.25) is 0 Å². The van der Waals surface area contributed by atoms with E-state index in [0.29, 0.717) is 22.6 Å². The third-order valence-corrected chi connectivity index (χ3v) is 4.95. The van der Waals surface area contributed by atoms with Gasteiger partial charge in [-0.25, -0.2) is 9.98 Å². The maximum atomic E-state index is 12.9. The molecule has 1 N–H and O–H groups in total. The van der Waals surface area contributed by atoms with Crippen molar-refractivity contribution in [1.29, 1.82) is 0 Å². The van der Waals surface area contributed by atoms with Crippen LogP contribution in [0.3, 0.4) is 0 Å². The SMILES string of the molecule is COc1ccc(-n2nnc3cnc(N=CC4CCC(O)(C(F)(F)F)C4)nc32)cc1. The summed E-state index contributed by atoms with van der Waals surface area (Å²) in [4.78, 5) is 12.5. The fourth-order valence-corrected chi connectivity index (χ4v) is 3.30. The summed E-state index contributed by atoms with van der Waals surface area (Å²) in [6.07, 6.45) is -2.42. The second kappa shape index (κ2) is 7.07. The number of aliphatic hydroxyl groups is 1. The van der Waals surface area contributed by atoms with Gasteiger partial charge < -0.3 is 9.84 Å². The summed E-state index contributed by atoms with van der Waals surface area (Å²) in [5, 5.41) is 17.8. The highest BCUT2D eigenvalue weighted by Gasteiger charge is 2.56. The number of hydrogen-bond acceptors (Lipinski definition) is 7. The predicted molar refractivity (Wildman–Crippen MR) is 97.5 cm³/mol. The van der Waals surface area contributed by atoms with Crippen LogP contribution in [-0.4, -0.2) is 55.2 Å². The predicted octanol–water partition coefficient (Wildman–Crippen LogP) is 3.01. The van der Waals surface area contributed by atoms with E-state index in [1.165, 1.54) is 17.1 Å². The number of methoxy groups -OCH3 is 1. The fourth-order valence-electron chi connectivity index (χ4n) is 3.30. The van der Waals surface area contributed by atoms with Gasteiger partial charge >= 0.3 is 6.18 Å². The first-order chi connectivity index (χ1) is 13.8. The van der Waals surface area contributed by atoms with Gasteiger partial charge in [-0.15, -0.1) is 5.10 Å². The molecular formula is C18H17F3N6O2. The number of ether oxygens (including phenoxy) is 1. The van der Waals surface area contributed by atoms with Crippen molar-refractivity contribution in [3.8, 4) is 11.4 Å². The lowest BCUT2D eigenvalue weighted by molar-refractivity contribution is -0.257. The van der Waals surface area contributed by atoms with Crippen LogP contribution in [0, 0.1) is 5.92 Å². The number of alkyl halides is 3. The highest BCUT2D eigenvalue weighted by Crippen LogP contribution is 2.44. The average Bonchev–Trinajstić information content (AvgIpc) is 3.30. The largest absolute Gasteiger partial charge is 0.497 e. The summed E-state index contributed by atoms with van der Waals surface area (Å²) in [7, 11) is 1.57. The van der Waals surface area contributed by atoms with Crippen LogP contribution >= 0.6 is 0 Å².